The van der Waals surface area contributed by atoms with Crippen LogP contribution in [0.3, 0.4) is 0 Å². The van der Waals surface area contributed by atoms with Gasteiger partial charge in [-0.25, -0.2) is 4.98 Å². The van der Waals surface area contributed by atoms with Gasteiger partial charge < -0.3 is 24.9 Å². The highest BCUT2D eigenvalue weighted by Crippen LogP contribution is 2.32. The van der Waals surface area contributed by atoms with Crippen LogP contribution in [0.4, 0.5) is 5.69 Å². The van der Waals surface area contributed by atoms with Crippen molar-refractivity contribution < 1.29 is 19.1 Å². The second kappa shape index (κ2) is 9.93. The van der Waals surface area contributed by atoms with Crippen LogP contribution in [0.2, 0.25) is 0 Å². The van der Waals surface area contributed by atoms with Gasteiger partial charge in [-0.15, -0.1) is 0 Å². The number of benzene rings is 2. The molecule has 0 radical (unpaired) electrons. The van der Waals surface area contributed by atoms with Crippen molar-refractivity contribution in [2.75, 3.05) is 12.4 Å². The average Bonchev–Trinajstić information content (AvgIpc) is 3.26. The van der Waals surface area contributed by atoms with E-state index in [0.29, 0.717) is 36.1 Å². The molecule has 7 heteroatoms. The first-order valence-electron chi connectivity index (χ1n) is 9.86. The van der Waals surface area contributed by atoms with Gasteiger partial charge in [0.05, 0.1) is 24.9 Å². The third-order valence-corrected chi connectivity index (χ3v) is 4.72. The molecule has 0 aliphatic heterocycles. The average molecular weight is 409 g/mol. The fourth-order valence-corrected chi connectivity index (χ4v) is 3.20. The lowest BCUT2D eigenvalue weighted by Crippen LogP contribution is -2.41. The maximum atomic E-state index is 13.0. The number of amides is 1. The van der Waals surface area contributed by atoms with Crippen LogP contribution in [0.1, 0.15) is 25.8 Å². The van der Waals surface area contributed by atoms with Gasteiger partial charge in [0.2, 0.25) is 5.91 Å². The van der Waals surface area contributed by atoms with E-state index in [2.05, 4.69) is 29.5 Å². The van der Waals surface area contributed by atoms with Gasteiger partial charge in [0, 0.05) is 23.9 Å². The number of carbonyl (C=O) groups excluding carboxylic acids is 1. The number of hydrogen-bond acceptors (Lipinski definition) is 6. The Labute approximate surface area is 176 Å². The first kappa shape index (κ1) is 21.4. The summed E-state index contributed by atoms with van der Waals surface area (Å²) < 4.78 is 10.8. The molecule has 1 aromatic heterocycles. The second-order valence-electron chi connectivity index (χ2n) is 7.46. The molecule has 1 amide bonds. The van der Waals surface area contributed by atoms with Crippen molar-refractivity contribution in [3.05, 3.63) is 60.6 Å². The molecule has 0 spiro atoms. The van der Waals surface area contributed by atoms with E-state index >= 15 is 0 Å². The lowest BCUT2D eigenvalue weighted by molar-refractivity contribution is -0.118. The molecule has 3 rings (SSSR count). The minimum Gasteiger partial charge on any atom is -0.508 e. The highest BCUT2D eigenvalue weighted by Gasteiger charge is 2.21. The van der Waals surface area contributed by atoms with Gasteiger partial charge >= 0.3 is 0 Å². The van der Waals surface area contributed by atoms with E-state index in [4.69, 9.17) is 9.15 Å². The third kappa shape index (κ3) is 5.39. The Hall–Kier alpha value is -3.32. The lowest BCUT2D eigenvalue weighted by Gasteiger charge is -2.21. The normalized spacial score (nSPS) is 12.0. The number of phenols is 1. The van der Waals surface area contributed by atoms with Crippen molar-refractivity contribution in [2.24, 2.45) is 5.92 Å². The van der Waals surface area contributed by atoms with E-state index in [1.165, 1.54) is 6.39 Å². The van der Waals surface area contributed by atoms with Gasteiger partial charge in [-0.05, 0) is 30.5 Å². The SMILES string of the molecule is COc1cc(NC(=O)[C@@H](CC(C)C)NCc2ccccc2O)ccc1-c1cnco1. The number of nitrogens with zero attached hydrogens (tertiary/aromatic N) is 1. The number of ether oxygens (including phenoxy) is 1. The smallest absolute Gasteiger partial charge is 0.241 e. The number of oxazole rings is 1. The van der Waals surface area contributed by atoms with Crippen molar-refractivity contribution in [3.8, 4) is 22.8 Å². The Balaban J connectivity index is 1.72. The van der Waals surface area contributed by atoms with Gasteiger partial charge in [0.15, 0.2) is 12.2 Å². The Morgan fingerprint density at radius 1 is 1.23 bits per heavy atom. The number of aromatic nitrogens is 1. The van der Waals surface area contributed by atoms with Gasteiger partial charge in [-0.2, -0.15) is 0 Å². The summed E-state index contributed by atoms with van der Waals surface area (Å²) in [7, 11) is 1.57. The molecule has 1 heterocycles. The summed E-state index contributed by atoms with van der Waals surface area (Å²) in [6.45, 7) is 4.53. The highest BCUT2D eigenvalue weighted by molar-refractivity contribution is 5.95. The van der Waals surface area contributed by atoms with Crippen LogP contribution in [0.5, 0.6) is 11.5 Å². The highest BCUT2D eigenvalue weighted by atomic mass is 16.5. The molecule has 2 aromatic carbocycles. The zero-order valence-corrected chi connectivity index (χ0v) is 17.4. The Kier molecular flexibility index (Phi) is 7.08. The second-order valence-corrected chi connectivity index (χ2v) is 7.46. The molecule has 0 saturated heterocycles. The van der Waals surface area contributed by atoms with Crippen molar-refractivity contribution >= 4 is 11.6 Å². The predicted octanol–water partition coefficient (Wildman–Crippen LogP) is 4.20. The van der Waals surface area contributed by atoms with Crippen LogP contribution < -0.4 is 15.4 Å². The summed E-state index contributed by atoms with van der Waals surface area (Å²) in [6.07, 6.45) is 3.63. The van der Waals surface area contributed by atoms with E-state index in [0.717, 1.165) is 11.1 Å². The molecule has 0 saturated carbocycles. The molecule has 0 aliphatic carbocycles. The number of para-hydroxylation sites is 1. The summed E-state index contributed by atoms with van der Waals surface area (Å²) in [6, 6.07) is 12.1. The van der Waals surface area contributed by atoms with Crippen LogP contribution in [0.25, 0.3) is 11.3 Å². The number of methoxy groups -OCH3 is 1. The minimum absolute atomic E-state index is 0.145. The predicted molar refractivity (Wildman–Crippen MR) is 115 cm³/mol. The minimum atomic E-state index is -0.412. The van der Waals surface area contributed by atoms with E-state index in [1.807, 2.05) is 18.2 Å². The van der Waals surface area contributed by atoms with Crippen molar-refractivity contribution in [1.82, 2.24) is 10.3 Å². The number of phenolic OH excluding ortho intramolecular Hbond substituents is 1. The van der Waals surface area contributed by atoms with Crippen LogP contribution in [-0.2, 0) is 11.3 Å². The van der Waals surface area contributed by atoms with Gasteiger partial charge in [-0.3, -0.25) is 4.79 Å². The quantitative estimate of drug-likeness (QED) is 0.490. The first-order valence-corrected chi connectivity index (χ1v) is 9.86. The van der Waals surface area contributed by atoms with Gasteiger partial charge in [0.25, 0.3) is 0 Å². The molecule has 30 heavy (non-hydrogen) atoms. The number of hydrogen-bond donors (Lipinski definition) is 3. The third-order valence-electron chi connectivity index (χ3n) is 4.72. The maximum absolute atomic E-state index is 13.0. The standard InChI is InChI=1S/C23H27N3O4/c1-15(2)10-19(25-12-16-6-4-5-7-20(16)27)23(28)26-17-8-9-18(21(11-17)29-3)22-13-24-14-30-22/h4-9,11,13-15,19,25,27H,10,12H2,1-3H3,(H,26,28)/t19-/m1/s1. The van der Waals surface area contributed by atoms with Crippen molar-refractivity contribution in [1.29, 1.82) is 0 Å². The number of anilines is 1. The molecule has 0 bridgehead atoms. The molecule has 158 valence electrons. The van der Waals surface area contributed by atoms with E-state index in [1.54, 1.807) is 37.6 Å². The summed E-state index contributed by atoms with van der Waals surface area (Å²) in [5.41, 5.74) is 2.12. The number of carbonyl (C=O) groups is 1. The number of aromatic hydroxyl groups is 1. The van der Waals surface area contributed by atoms with Crippen molar-refractivity contribution in [2.45, 2.75) is 32.9 Å². The van der Waals surface area contributed by atoms with Crippen molar-refractivity contribution in [3.63, 3.8) is 0 Å². The Morgan fingerprint density at radius 2 is 2.03 bits per heavy atom. The van der Waals surface area contributed by atoms with Gasteiger partial charge in [-0.1, -0.05) is 32.0 Å². The zero-order valence-electron chi connectivity index (χ0n) is 17.4. The van der Waals surface area contributed by atoms with E-state index in [-0.39, 0.29) is 11.7 Å². The maximum Gasteiger partial charge on any atom is 0.241 e. The summed E-state index contributed by atoms with van der Waals surface area (Å²) in [5.74, 6) is 1.55. The van der Waals surface area contributed by atoms with Crippen LogP contribution >= 0.6 is 0 Å². The molecule has 3 N–H and O–H groups in total. The van der Waals surface area contributed by atoms with E-state index < -0.39 is 6.04 Å². The Bertz CT molecular complexity index is 970. The molecule has 1 atom stereocenters. The number of rotatable bonds is 9. The molecular formula is C23H27N3O4. The zero-order chi connectivity index (χ0) is 21.5. The van der Waals surface area contributed by atoms with Crippen LogP contribution in [0, 0.1) is 5.92 Å². The molecule has 0 aliphatic rings. The monoisotopic (exact) mass is 409 g/mol. The topological polar surface area (TPSA) is 96.6 Å². The lowest BCUT2D eigenvalue weighted by atomic mass is 10.0. The van der Waals surface area contributed by atoms with Crippen LogP contribution in [-0.4, -0.2) is 29.1 Å². The molecule has 3 aromatic rings. The molecule has 0 fully saturated rings. The Morgan fingerprint density at radius 3 is 2.70 bits per heavy atom. The first-order chi connectivity index (χ1) is 14.5. The largest absolute Gasteiger partial charge is 0.508 e. The molecule has 0 unspecified atom stereocenters. The molecule has 7 nitrogen and oxygen atoms in total. The summed E-state index contributed by atoms with van der Waals surface area (Å²) in [5, 5.41) is 16.2. The van der Waals surface area contributed by atoms with Crippen LogP contribution in [0.15, 0.2) is 59.5 Å². The molecular weight excluding hydrogens is 382 g/mol. The number of nitrogens with one attached hydrogen (secondary N) is 2. The summed E-state index contributed by atoms with van der Waals surface area (Å²) >= 11 is 0. The fraction of sp³-hybridized carbons (Fsp3) is 0.304. The summed E-state index contributed by atoms with van der Waals surface area (Å²) in [4.78, 5) is 16.9. The van der Waals surface area contributed by atoms with E-state index in [9.17, 15) is 9.90 Å². The fourth-order valence-electron chi connectivity index (χ4n) is 3.20. The van der Waals surface area contributed by atoms with Gasteiger partial charge in [0.1, 0.15) is 11.5 Å².